The highest BCUT2D eigenvalue weighted by atomic mass is 16.5. The predicted octanol–water partition coefficient (Wildman–Crippen LogP) is 1.65. The molecule has 2 saturated heterocycles. The van der Waals surface area contributed by atoms with Crippen molar-refractivity contribution >= 4 is 5.96 Å². The lowest BCUT2D eigenvalue weighted by molar-refractivity contribution is 0.120. The zero-order valence-corrected chi connectivity index (χ0v) is 14.7. The zero-order chi connectivity index (χ0) is 15.8. The maximum absolute atomic E-state index is 5.17. The van der Waals surface area contributed by atoms with Crippen molar-refractivity contribution < 1.29 is 4.74 Å². The maximum Gasteiger partial charge on any atom is 0.193 e. The first-order valence-electron chi connectivity index (χ1n) is 8.89. The molecule has 5 nitrogen and oxygen atoms in total. The van der Waals surface area contributed by atoms with Crippen LogP contribution in [-0.2, 0) is 4.74 Å². The summed E-state index contributed by atoms with van der Waals surface area (Å²) in [6, 6.07) is 0. The number of guanidine groups is 1. The average Bonchev–Trinajstić information content (AvgIpc) is 2.55. The minimum Gasteiger partial charge on any atom is -0.383 e. The van der Waals surface area contributed by atoms with Crippen LogP contribution in [0.15, 0.2) is 4.99 Å². The van der Waals surface area contributed by atoms with Gasteiger partial charge in [-0.05, 0) is 50.6 Å². The monoisotopic (exact) mass is 310 g/mol. The predicted molar refractivity (Wildman–Crippen MR) is 92.4 cm³/mol. The van der Waals surface area contributed by atoms with E-state index in [1.807, 2.05) is 7.05 Å². The van der Waals surface area contributed by atoms with Gasteiger partial charge in [-0.1, -0.05) is 6.92 Å². The van der Waals surface area contributed by atoms with E-state index in [4.69, 9.17) is 4.74 Å². The van der Waals surface area contributed by atoms with E-state index in [1.54, 1.807) is 7.11 Å². The molecule has 128 valence electrons. The molecule has 0 amide bonds. The van der Waals surface area contributed by atoms with Crippen LogP contribution in [0.5, 0.6) is 0 Å². The summed E-state index contributed by atoms with van der Waals surface area (Å²) in [4.78, 5) is 9.44. The van der Waals surface area contributed by atoms with Gasteiger partial charge in [-0.25, -0.2) is 0 Å². The first-order chi connectivity index (χ1) is 10.7. The Hall–Kier alpha value is -0.810. The third kappa shape index (κ3) is 5.43. The van der Waals surface area contributed by atoms with Crippen LogP contribution in [0.3, 0.4) is 0 Å². The van der Waals surface area contributed by atoms with Gasteiger partial charge in [0.25, 0.3) is 0 Å². The third-order valence-corrected chi connectivity index (χ3v) is 5.04. The molecular weight excluding hydrogens is 276 g/mol. The van der Waals surface area contributed by atoms with Crippen LogP contribution in [0.2, 0.25) is 0 Å². The van der Waals surface area contributed by atoms with Crippen molar-refractivity contribution in [3.05, 3.63) is 0 Å². The van der Waals surface area contributed by atoms with Crippen molar-refractivity contribution in [3.63, 3.8) is 0 Å². The molecule has 0 bridgehead atoms. The molecule has 0 aromatic carbocycles. The van der Waals surface area contributed by atoms with Crippen LogP contribution in [-0.4, -0.2) is 75.8 Å². The number of likely N-dealkylation sites (tertiary alicyclic amines) is 2. The summed E-state index contributed by atoms with van der Waals surface area (Å²) >= 11 is 0. The Kier molecular flexibility index (Phi) is 7.46. The SMILES string of the molecule is CN=C(NCC1CCN(CCOC)CC1)N1CCCC(C)C1. The number of nitrogens with zero attached hydrogens (tertiary/aromatic N) is 3. The first-order valence-corrected chi connectivity index (χ1v) is 8.89. The number of methoxy groups -OCH3 is 1. The molecule has 2 aliphatic rings. The number of rotatable bonds is 5. The molecule has 0 saturated carbocycles. The Morgan fingerprint density at radius 1 is 1.23 bits per heavy atom. The van der Waals surface area contributed by atoms with Crippen molar-refractivity contribution in [2.75, 3.05) is 60.0 Å². The van der Waals surface area contributed by atoms with Gasteiger partial charge in [-0.3, -0.25) is 4.99 Å². The standard InChI is InChI=1S/C17H34N4O/c1-15-5-4-8-21(14-15)17(18-2)19-13-16-6-9-20(10-7-16)11-12-22-3/h15-16H,4-14H2,1-3H3,(H,18,19). The van der Waals surface area contributed by atoms with E-state index in [0.717, 1.165) is 50.6 Å². The summed E-state index contributed by atoms with van der Waals surface area (Å²) in [5, 5.41) is 3.62. The molecule has 2 heterocycles. The Morgan fingerprint density at radius 2 is 2.00 bits per heavy atom. The smallest absolute Gasteiger partial charge is 0.193 e. The summed E-state index contributed by atoms with van der Waals surface area (Å²) in [6.07, 6.45) is 5.21. The fourth-order valence-corrected chi connectivity index (χ4v) is 3.58. The van der Waals surface area contributed by atoms with Gasteiger partial charge in [0.15, 0.2) is 5.96 Å². The number of nitrogens with one attached hydrogen (secondary N) is 1. The van der Waals surface area contributed by atoms with Gasteiger partial charge in [0, 0.05) is 40.3 Å². The maximum atomic E-state index is 5.17. The number of aliphatic imine (C=N–C) groups is 1. The molecule has 1 atom stereocenters. The van der Waals surface area contributed by atoms with E-state index in [-0.39, 0.29) is 0 Å². The number of hydrogen-bond donors (Lipinski definition) is 1. The Labute approximate surface area is 136 Å². The van der Waals surface area contributed by atoms with Crippen molar-refractivity contribution in [1.29, 1.82) is 0 Å². The number of ether oxygens (including phenoxy) is 1. The molecule has 0 aromatic heterocycles. The lowest BCUT2D eigenvalue weighted by Gasteiger charge is -2.35. The van der Waals surface area contributed by atoms with Crippen LogP contribution in [0.25, 0.3) is 0 Å². The fourth-order valence-electron chi connectivity index (χ4n) is 3.58. The lowest BCUT2D eigenvalue weighted by atomic mass is 9.97. The molecule has 0 spiro atoms. The summed E-state index contributed by atoms with van der Waals surface area (Å²) in [5.74, 6) is 2.67. The topological polar surface area (TPSA) is 40.1 Å². The van der Waals surface area contributed by atoms with E-state index in [9.17, 15) is 0 Å². The summed E-state index contributed by atoms with van der Waals surface area (Å²) in [6.45, 7) is 10.0. The van der Waals surface area contributed by atoms with Crippen molar-refractivity contribution in [1.82, 2.24) is 15.1 Å². The minimum atomic E-state index is 0.776. The highest BCUT2D eigenvalue weighted by Crippen LogP contribution is 2.18. The molecule has 1 N–H and O–H groups in total. The molecule has 2 fully saturated rings. The van der Waals surface area contributed by atoms with E-state index in [2.05, 4.69) is 27.0 Å². The van der Waals surface area contributed by atoms with Crippen molar-refractivity contribution in [2.45, 2.75) is 32.6 Å². The van der Waals surface area contributed by atoms with E-state index in [1.165, 1.54) is 38.8 Å². The summed E-state index contributed by atoms with van der Waals surface area (Å²) in [7, 11) is 3.69. The highest BCUT2D eigenvalue weighted by molar-refractivity contribution is 5.79. The van der Waals surface area contributed by atoms with Crippen molar-refractivity contribution in [2.24, 2.45) is 16.8 Å². The molecule has 22 heavy (non-hydrogen) atoms. The van der Waals surface area contributed by atoms with Crippen LogP contribution in [0.1, 0.15) is 32.6 Å². The van der Waals surface area contributed by atoms with Gasteiger partial charge in [0.1, 0.15) is 0 Å². The summed E-state index contributed by atoms with van der Waals surface area (Å²) < 4.78 is 5.17. The summed E-state index contributed by atoms with van der Waals surface area (Å²) in [5.41, 5.74) is 0. The van der Waals surface area contributed by atoms with Gasteiger partial charge in [0.2, 0.25) is 0 Å². The van der Waals surface area contributed by atoms with Crippen LogP contribution >= 0.6 is 0 Å². The third-order valence-electron chi connectivity index (χ3n) is 5.04. The largest absolute Gasteiger partial charge is 0.383 e. The van der Waals surface area contributed by atoms with Gasteiger partial charge >= 0.3 is 0 Å². The molecule has 0 aromatic rings. The van der Waals surface area contributed by atoms with Crippen LogP contribution < -0.4 is 5.32 Å². The second-order valence-corrected chi connectivity index (χ2v) is 6.90. The lowest BCUT2D eigenvalue weighted by Crippen LogP contribution is -2.48. The number of piperidine rings is 2. The Bertz CT molecular complexity index is 340. The first kappa shape index (κ1) is 17.5. The molecular formula is C17H34N4O. The molecule has 2 rings (SSSR count). The molecule has 0 aliphatic carbocycles. The Morgan fingerprint density at radius 3 is 2.64 bits per heavy atom. The molecule has 1 unspecified atom stereocenters. The number of hydrogen-bond acceptors (Lipinski definition) is 3. The average molecular weight is 310 g/mol. The van der Waals surface area contributed by atoms with Gasteiger partial charge in [0.05, 0.1) is 6.61 Å². The molecule has 0 radical (unpaired) electrons. The normalized spacial score (nSPS) is 25.5. The second-order valence-electron chi connectivity index (χ2n) is 6.90. The second kappa shape index (κ2) is 9.36. The minimum absolute atomic E-state index is 0.776. The van der Waals surface area contributed by atoms with Crippen LogP contribution in [0.4, 0.5) is 0 Å². The van der Waals surface area contributed by atoms with E-state index >= 15 is 0 Å². The Balaban J connectivity index is 1.68. The fraction of sp³-hybridized carbons (Fsp3) is 0.941. The van der Waals surface area contributed by atoms with Crippen LogP contribution in [0, 0.1) is 11.8 Å². The molecule has 5 heteroatoms. The van der Waals surface area contributed by atoms with E-state index < -0.39 is 0 Å². The highest BCUT2D eigenvalue weighted by Gasteiger charge is 2.22. The van der Waals surface area contributed by atoms with Crippen molar-refractivity contribution in [3.8, 4) is 0 Å². The zero-order valence-electron chi connectivity index (χ0n) is 14.7. The molecule has 2 aliphatic heterocycles. The van der Waals surface area contributed by atoms with Gasteiger partial charge in [-0.2, -0.15) is 0 Å². The van der Waals surface area contributed by atoms with Gasteiger partial charge in [-0.15, -0.1) is 0 Å². The van der Waals surface area contributed by atoms with Gasteiger partial charge < -0.3 is 19.9 Å². The van der Waals surface area contributed by atoms with E-state index in [0.29, 0.717) is 0 Å². The quantitative estimate of drug-likeness (QED) is 0.619.